The molecule has 0 aromatic rings. The predicted octanol–water partition coefficient (Wildman–Crippen LogP) is 14.7. The highest BCUT2D eigenvalue weighted by Crippen LogP contribution is 2.14. The first-order chi connectivity index (χ1) is 28.5. The van der Waals surface area contributed by atoms with Crippen molar-refractivity contribution in [3.8, 4) is 0 Å². The van der Waals surface area contributed by atoms with Crippen LogP contribution in [0.1, 0.15) is 245 Å². The summed E-state index contributed by atoms with van der Waals surface area (Å²) in [5.41, 5.74) is 0. The molecular formula is C52H95NO5. The van der Waals surface area contributed by atoms with E-state index in [-0.39, 0.29) is 18.5 Å². The summed E-state index contributed by atoms with van der Waals surface area (Å²) in [7, 11) is 0. The van der Waals surface area contributed by atoms with Crippen molar-refractivity contribution < 1.29 is 24.5 Å². The normalized spacial score (nSPS) is 13.1. The van der Waals surface area contributed by atoms with E-state index in [2.05, 4.69) is 55.6 Å². The van der Waals surface area contributed by atoms with Crippen LogP contribution in [0.2, 0.25) is 0 Å². The van der Waals surface area contributed by atoms with Gasteiger partial charge in [0.25, 0.3) is 0 Å². The fourth-order valence-corrected chi connectivity index (χ4v) is 7.18. The van der Waals surface area contributed by atoms with E-state index >= 15 is 0 Å². The number of allylic oxidation sites excluding steroid dienone is 7. The summed E-state index contributed by atoms with van der Waals surface area (Å²) in [5.74, 6) is -0.125. The van der Waals surface area contributed by atoms with Crippen molar-refractivity contribution in [3.63, 3.8) is 0 Å². The number of esters is 1. The topological polar surface area (TPSA) is 95.9 Å². The number of nitrogens with one attached hydrogen (secondary N) is 1. The van der Waals surface area contributed by atoms with Gasteiger partial charge in [-0.3, -0.25) is 9.59 Å². The Kier molecular flexibility index (Phi) is 45.7. The molecule has 2 atom stereocenters. The lowest BCUT2D eigenvalue weighted by Crippen LogP contribution is -2.45. The molecule has 0 saturated carbocycles. The summed E-state index contributed by atoms with van der Waals surface area (Å²) in [6, 6.07) is -0.648. The molecule has 0 saturated heterocycles. The molecule has 6 heteroatoms. The Morgan fingerprint density at radius 3 is 1.38 bits per heavy atom. The summed E-state index contributed by atoms with van der Waals surface area (Å²) < 4.78 is 5.45. The Labute approximate surface area is 359 Å². The fourth-order valence-electron chi connectivity index (χ4n) is 7.18. The van der Waals surface area contributed by atoms with Crippen LogP contribution in [-0.4, -0.2) is 47.4 Å². The van der Waals surface area contributed by atoms with E-state index in [0.717, 1.165) is 77.0 Å². The van der Waals surface area contributed by atoms with Crippen molar-refractivity contribution in [3.05, 3.63) is 48.6 Å². The largest absolute Gasteiger partial charge is 0.466 e. The third-order valence-electron chi connectivity index (χ3n) is 11.1. The van der Waals surface area contributed by atoms with Gasteiger partial charge in [0.15, 0.2) is 0 Å². The monoisotopic (exact) mass is 814 g/mol. The van der Waals surface area contributed by atoms with E-state index in [1.54, 1.807) is 6.08 Å². The molecule has 0 aromatic carbocycles. The van der Waals surface area contributed by atoms with Crippen LogP contribution < -0.4 is 5.32 Å². The molecule has 0 rings (SSSR count). The van der Waals surface area contributed by atoms with Crippen molar-refractivity contribution >= 4 is 11.9 Å². The first kappa shape index (κ1) is 55.8. The molecule has 2 unspecified atom stereocenters. The number of rotatable bonds is 45. The second-order valence-corrected chi connectivity index (χ2v) is 16.8. The fraction of sp³-hybridized carbons (Fsp3) is 0.808. The summed E-state index contributed by atoms with van der Waals surface area (Å²) in [6.45, 7) is 4.80. The molecule has 3 N–H and O–H groups in total. The van der Waals surface area contributed by atoms with E-state index in [9.17, 15) is 19.8 Å². The quantitative estimate of drug-likeness (QED) is 0.0323. The molecule has 0 aliphatic rings. The minimum atomic E-state index is -0.861. The van der Waals surface area contributed by atoms with Crippen molar-refractivity contribution in [1.29, 1.82) is 0 Å². The molecule has 0 spiro atoms. The lowest BCUT2D eigenvalue weighted by molar-refractivity contribution is -0.143. The molecule has 6 nitrogen and oxygen atoms in total. The van der Waals surface area contributed by atoms with Crippen molar-refractivity contribution in [2.45, 2.75) is 257 Å². The van der Waals surface area contributed by atoms with Gasteiger partial charge in [-0.25, -0.2) is 0 Å². The maximum absolute atomic E-state index is 12.4. The van der Waals surface area contributed by atoms with Crippen LogP contribution in [0.25, 0.3) is 0 Å². The van der Waals surface area contributed by atoms with Crippen LogP contribution in [0.4, 0.5) is 0 Å². The van der Waals surface area contributed by atoms with Gasteiger partial charge in [-0.2, -0.15) is 0 Å². The van der Waals surface area contributed by atoms with Gasteiger partial charge in [0.2, 0.25) is 5.91 Å². The molecular weight excluding hydrogens is 719 g/mol. The molecule has 0 fully saturated rings. The van der Waals surface area contributed by atoms with E-state index in [1.807, 2.05) is 6.08 Å². The van der Waals surface area contributed by atoms with Crippen LogP contribution in [0.5, 0.6) is 0 Å². The van der Waals surface area contributed by atoms with Gasteiger partial charge in [-0.1, -0.05) is 191 Å². The number of carbonyl (C=O) groups excluding carboxylic acids is 2. The average molecular weight is 814 g/mol. The Balaban J connectivity index is 3.52. The molecule has 0 aliphatic heterocycles. The minimum absolute atomic E-state index is 0.0231. The van der Waals surface area contributed by atoms with Crippen LogP contribution >= 0.6 is 0 Å². The summed E-state index contributed by atoms with van der Waals surface area (Å²) in [6.07, 6.45) is 58.2. The molecule has 0 aromatic heterocycles. The SMILES string of the molecule is CCCCC/C=C\C/C=C\CCCCCCCCCC(=O)OCCCCCCCC/C=C\CCCCCC(=O)NC(CO)C(O)/C=C/CCCCCCCCCCC. The third kappa shape index (κ3) is 43.4. The van der Waals surface area contributed by atoms with Crippen LogP contribution in [0, 0.1) is 0 Å². The predicted molar refractivity (Wildman–Crippen MR) is 250 cm³/mol. The van der Waals surface area contributed by atoms with Gasteiger partial charge in [0, 0.05) is 12.8 Å². The van der Waals surface area contributed by atoms with Crippen molar-refractivity contribution in [2.75, 3.05) is 13.2 Å². The number of ether oxygens (including phenoxy) is 1. The number of aliphatic hydroxyl groups is 2. The van der Waals surface area contributed by atoms with E-state index < -0.39 is 12.1 Å². The molecule has 58 heavy (non-hydrogen) atoms. The van der Waals surface area contributed by atoms with Gasteiger partial charge in [-0.15, -0.1) is 0 Å². The number of unbranched alkanes of at least 4 members (excludes halogenated alkanes) is 28. The summed E-state index contributed by atoms with van der Waals surface area (Å²) >= 11 is 0. The third-order valence-corrected chi connectivity index (χ3v) is 11.1. The highest BCUT2D eigenvalue weighted by atomic mass is 16.5. The Morgan fingerprint density at radius 1 is 0.483 bits per heavy atom. The lowest BCUT2D eigenvalue weighted by Gasteiger charge is -2.19. The maximum Gasteiger partial charge on any atom is 0.305 e. The Morgan fingerprint density at radius 2 is 0.862 bits per heavy atom. The molecule has 1 amide bonds. The summed E-state index contributed by atoms with van der Waals surface area (Å²) in [5, 5.41) is 22.9. The molecule has 0 heterocycles. The van der Waals surface area contributed by atoms with Crippen molar-refractivity contribution in [2.24, 2.45) is 0 Å². The van der Waals surface area contributed by atoms with Crippen LogP contribution in [0.15, 0.2) is 48.6 Å². The van der Waals surface area contributed by atoms with Gasteiger partial charge >= 0.3 is 5.97 Å². The zero-order valence-corrected chi connectivity index (χ0v) is 38.3. The second kappa shape index (κ2) is 47.5. The summed E-state index contributed by atoms with van der Waals surface area (Å²) in [4.78, 5) is 24.4. The molecule has 0 aliphatic carbocycles. The number of carbonyl (C=O) groups is 2. The van der Waals surface area contributed by atoms with Gasteiger partial charge in [0.05, 0.1) is 25.4 Å². The first-order valence-electron chi connectivity index (χ1n) is 24.9. The second-order valence-electron chi connectivity index (χ2n) is 16.8. The molecule has 338 valence electrons. The van der Waals surface area contributed by atoms with Gasteiger partial charge < -0.3 is 20.3 Å². The van der Waals surface area contributed by atoms with E-state index in [1.165, 1.54) is 141 Å². The zero-order valence-electron chi connectivity index (χ0n) is 38.3. The number of hydrogen-bond donors (Lipinski definition) is 3. The molecule has 0 radical (unpaired) electrons. The highest BCUT2D eigenvalue weighted by molar-refractivity contribution is 5.76. The van der Waals surface area contributed by atoms with Crippen LogP contribution in [-0.2, 0) is 14.3 Å². The Bertz CT molecular complexity index is 988. The zero-order chi connectivity index (χ0) is 42.3. The average Bonchev–Trinajstić information content (AvgIpc) is 3.22. The highest BCUT2D eigenvalue weighted by Gasteiger charge is 2.18. The van der Waals surface area contributed by atoms with Gasteiger partial charge in [0.1, 0.15) is 0 Å². The number of hydrogen-bond acceptors (Lipinski definition) is 5. The van der Waals surface area contributed by atoms with Crippen LogP contribution in [0.3, 0.4) is 0 Å². The standard InChI is InChI=1S/C52H95NO5/c1-3-5-7-9-11-13-15-16-17-18-19-22-26-30-34-38-42-46-52(57)58-47-43-39-35-31-27-23-20-21-25-29-33-37-41-45-51(56)53-49(48-54)50(55)44-40-36-32-28-24-14-12-10-8-6-4-2/h11,13,16-17,21,25,40,44,49-50,54-55H,3-10,12,14-15,18-20,22-24,26-39,41-43,45-48H2,1-2H3,(H,53,56)/b13-11-,17-16-,25-21-,44-40+. The number of amides is 1. The van der Waals surface area contributed by atoms with E-state index in [0.29, 0.717) is 19.4 Å². The molecule has 0 bridgehead atoms. The lowest BCUT2D eigenvalue weighted by atomic mass is 10.1. The smallest absolute Gasteiger partial charge is 0.305 e. The first-order valence-corrected chi connectivity index (χ1v) is 24.9. The van der Waals surface area contributed by atoms with E-state index in [4.69, 9.17) is 4.74 Å². The van der Waals surface area contributed by atoms with Crippen molar-refractivity contribution in [1.82, 2.24) is 5.32 Å². The maximum atomic E-state index is 12.4. The van der Waals surface area contributed by atoms with Gasteiger partial charge in [-0.05, 0) is 89.9 Å². The number of aliphatic hydroxyl groups excluding tert-OH is 2. The Hall–Kier alpha value is -2.18. The minimum Gasteiger partial charge on any atom is -0.466 e.